The molecule has 0 radical (unpaired) electrons. The highest BCUT2D eigenvalue weighted by Crippen LogP contribution is 2.14. The highest BCUT2D eigenvalue weighted by molar-refractivity contribution is 5.99. The molecule has 0 fully saturated rings. The molecule has 0 heterocycles. The molecule has 15 heavy (non-hydrogen) atoms. The Kier molecular flexibility index (Phi) is 3.12. The number of amidine groups is 1. The first-order valence-electron chi connectivity index (χ1n) is 4.17. The van der Waals surface area contributed by atoms with Gasteiger partial charge in [0.2, 0.25) is 0 Å². The number of nitrogens with two attached hydrogens (primary N) is 2. The molecule has 2 amide bonds. The molecule has 0 spiro atoms. The molecular formula is C9H12N4O2. The summed E-state index contributed by atoms with van der Waals surface area (Å²) in [6.07, 6.45) is 0. The molecule has 0 aliphatic heterocycles. The van der Waals surface area contributed by atoms with Crippen LogP contribution in [0.1, 0.15) is 5.56 Å². The van der Waals surface area contributed by atoms with E-state index in [2.05, 4.69) is 5.16 Å². The van der Waals surface area contributed by atoms with Crippen molar-refractivity contribution in [1.29, 1.82) is 0 Å². The van der Waals surface area contributed by atoms with Crippen LogP contribution in [0.4, 0.5) is 10.5 Å². The molecule has 0 unspecified atom stereocenters. The lowest BCUT2D eigenvalue weighted by Gasteiger charge is -2.14. The molecule has 0 aromatic heterocycles. The van der Waals surface area contributed by atoms with Crippen molar-refractivity contribution in [2.24, 2.45) is 16.6 Å². The fraction of sp³-hybridized carbons (Fsp3) is 0.111. The second-order valence-corrected chi connectivity index (χ2v) is 2.93. The van der Waals surface area contributed by atoms with Crippen molar-refractivity contribution in [1.82, 2.24) is 0 Å². The van der Waals surface area contributed by atoms with E-state index in [1.807, 2.05) is 0 Å². The largest absolute Gasteiger partial charge is 0.409 e. The fourth-order valence-electron chi connectivity index (χ4n) is 1.06. The highest BCUT2D eigenvalue weighted by atomic mass is 16.4. The van der Waals surface area contributed by atoms with Gasteiger partial charge in [-0.2, -0.15) is 0 Å². The lowest BCUT2D eigenvalue weighted by molar-refractivity contribution is 0.255. The summed E-state index contributed by atoms with van der Waals surface area (Å²) >= 11 is 0. The van der Waals surface area contributed by atoms with Crippen LogP contribution in [0.25, 0.3) is 0 Å². The normalized spacial score (nSPS) is 11.1. The van der Waals surface area contributed by atoms with E-state index < -0.39 is 6.03 Å². The van der Waals surface area contributed by atoms with Crippen LogP contribution in [0.15, 0.2) is 29.4 Å². The summed E-state index contributed by atoms with van der Waals surface area (Å²) in [5, 5.41) is 11.3. The lowest BCUT2D eigenvalue weighted by Crippen LogP contribution is -2.31. The van der Waals surface area contributed by atoms with Gasteiger partial charge in [0.25, 0.3) is 0 Å². The number of hydrogen-bond acceptors (Lipinski definition) is 3. The predicted octanol–water partition coefficient (Wildman–Crippen LogP) is 0.296. The molecule has 0 saturated heterocycles. The first-order chi connectivity index (χ1) is 7.06. The number of anilines is 1. The summed E-state index contributed by atoms with van der Waals surface area (Å²) in [4.78, 5) is 12.1. The Morgan fingerprint density at radius 3 is 2.67 bits per heavy atom. The number of benzene rings is 1. The third-order valence-electron chi connectivity index (χ3n) is 1.97. The summed E-state index contributed by atoms with van der Waals surface area (Å²) < 4.78 is 0. The van der Waals surface area contributed by atoms with Crippen LogP contribution in [-0.4, -0.2) is 24.1 Å². The molecule has 5 N–H and O–H groups in total. The third kappa shape index (κ3) is 2.37. The molecule has 1 aromatic carbocycles. The Hall–Kier alpha value is -2.24. The lowest BCUT2D eigenvalue weighted by atomic mass is 10.2. The van der Waals surface area contributed by atoms with E-state index in [-0.39, 0.29) is 5.84 Å². The molecule has 0 bridgehead atoms. The van der Waals surface area contributed by atoms with Crippen molar-refractivity contribution < 1.29 is 10.0 Å². The number of amides is 2. The summed E-state index contributed by atoms with van der Waals surface area (Å²) in [5.41, 5.74) is 11.6. The number of primary amides is 1. The summed E-state index contributed by atoms with van der Waals surface area (Å²) in [6.45, 7) is 0. The standard InChI is InChI=1S/C9H12N4O2/c1-13(9(11)14)7-4-2-3-6(5-7)8(10)12-15/h2-5,15H,1H3,(H2,10,12)(H2,11,14). The fourth-order valence-corrected chi connectivity index (χ4v) is 1.06. The van der Waals surface area contributed by atoms with E-state index in [0.29, 0.717) is 11.3 Å². The van der Waals surface area contributed by atoms with Gasteiger partial charge in [0.1, 0.15) is 0 Å². The first-order valence-corrected chi connectivity index (χ1v) is 4.17. The van der Waals surface area contributed by atoms with Crippen LogP contribution in [0.3, 0.4) is 0 Å². The maximum absolute atomic E-state index is 10.9. The number of hydrogen-bond donors (Lipinski definition) is 3. The van der Waals surface area contributed by atoms with Crippen molar-refractivity contribution in [3.63, 3.8) is 0 Å². The molecular weight excluding hydrogens is 196 g/mol. The van der Waals surface area contributed by atoms with Gasteiger partial charge >= 0.3 is 6.03 Å². The second kappa shape index (κ2) is 4.32. The molecule has 6 nitrogen and oxygen atoms in total. The van der Waals surface area contributed by atoms with E-state index in [9.17, 15) is 4.79 Å². The Labute approximate surface area is 86.8 Å². The van der Waals surface area contributed by atoms with Gasteiger partial charge in [0, 0.05) is 18.3 Å². The Balaban J connectivity index is 3.08. The molecule has 0 atom stereocenters. The monoisotopic (exact) mass is 208 g/mol. The van der Waals surface area contributed by atoms with Gasteiger partial charge in [-0.1, -0.05) is 17.3 Å². The Bertz CT molecular complexity index is 403. The zero-order valence-electron chi connectivity index (χ0n) is 8.21. The number of urea groups is 1. The number of carbonyl (C=O) groups is 1. The maximum Gasteiger partial charge on any atom is 0.318 e. The topological polar surface area (TPSA) is 105 Å². The van der Waals surface area contributed by atoms with Crippen molar-refractivity contribution in [2.45, 2.75) is 0 Å². The molecule has 0 aliphatic rings. The minimum absolute atomic E-state index is 0.0188. The van der Waals surface area contributed by atoms with Crippen LogP contribution >= 0.6 is 0 Å². The van der Waals surface area contributed by atoms with Crippen LogP contribution in [-0.2, 0) is 0 Å². The number of carbonyl (C=O) groups excluding carboxylic acids is 1. The number of nitrogens with zero attached hydrogens (tertiary/aromatic N) is 2. The maximum atomic E-state index is 10.9. The second-order valence-electron chi connectivity index (χ2n) is 2.93. The number of oxime groups is 1. The molecule has 80 valence electrons. The Morgan fingerprint density at radius 2 is 2.13 bits per heavy atom. The zero-order chi connectivity index (χ0) is 11.4. The molecule has 6 heteroatoms. The van der Waals surface area contributed by atoms with Crippen LogP contribution < -0.4 is 16.4 Å². The van der Waals surface area contributed by atoms with Crippen molar-refractivity contribution in [3.05, 3.63) is 29.8 Å². The van der Waals surface area contributed by atoms with Gasteiger partial charge in [0.15, 0.2) is 5.84 Å². The summed E-state index contributed by atoms with van der Waals surface area (Å²) in [5.74, 6) is -0.0188. The van der Waals surface area contributed by atoms with Gasteiger partial charge in [0.05, 0.1) is 0 Å². The first kappa shape index (κ1) is 10.8. The van der Waals surface area contributed by atoms with Crippen LogP contribution in [0.2, 0.25) is 0 Å². The van der Waals surface area contributed by atoms with Crippen LogP contribution in [0, 0.1) is 0 Å². The Morgan fingerprint density at radius 1 is 1.47 bits per heavy atom. The smallest absolute Gasteiger partial charge is 0.318 e. The van der Waals surface area contributed by atoms with Gasteiger partial charge < -0.3 is 16.7 Å². The van der Waals surface area contributed by atoms with Gasteiger partial charge in [-0.25, -0.2) is 4.79 Å². The average Bonchev–Trinajstić information content (AvgIpc) is 2.27. The molecule has 0 aliphatic carbocycles. The van der Waals surface area contributed by atoms with E-state index >= 15 is 0 Å². The van der Waals surface area contributed by atoms with Crippen molar-refractivity contribution >= 4 is 17.6 Å². The molecule has 1 aromatic rings. The summed E-state index contributed by atoms with van der Waals surface area (Å²) in [7, 11) is 1.54. The van der Waals surface area contributed by atoms with E-state index in [4.69, 9.17) is 16.7 Å². The van der Waals surface area contributed by atoms with E-state index in [0.717, 1.165) is 0 Å². The van der Waals surface area contributed by atoms with Gasteiger partial charge in [-0.3, -0.25) is 4.90 Å². The minimum atomic E-state index is -0.577. The minimum Gasteiger partial charge on any atom is -0.409 e. The molecule has 0 saturated carbocycles. The van der Waals surface area contributed by atoms with Crippen molar-refractivity contribution in [3.8, 4) is 0 Å². The number of rotatable bonds is 2. The third-order valence-corrected chi connectivity index (χ3v) is 1.97. The van der Waals surface area contributed by atoms with Gasteiger partial charge in [-0.05, 0) is 12.1 Å². The van der Waals surface area contributed by atoms with Gasteiger partial charge in [-0.15, -0.1) is 0 Å². The quantitative estimate of drug-likeness (QED) is 0.281. The zero-order valence-corrected chi connectivity index (χ0v) is 8.21. The SMILES string of the molecule is CN(C(N)=O)c1cccc(C(N)=NO)c1. The summed E-state index contributed by atoms with van der Waals surface area (Å²) in [6, 6.07) is 6.06. The predicted molar refractivity (Wildman–Crippen MR) is 56.9 cm³/mol. The highest BCUT2D eigenvalue weighted by Gasteiger charge is 2.07. The van der Waals surface area contributed by atoms with Crippen LogP contribution in [0.5, 0.6) is 0 Å². The van der Waals surface area contributed by atoms with E-state index in [1.54, 1.807) is 24.3 Å². The van der Waals surface area contributed by atoms with Crippen molar-refractivity contribution in [2.75, 3.05) is 11.9 Å². The van der Waals surface area contributed by atoms with E-state index in [1.165, 1.54) is 11.9 Å². The molecule has 1 rings (SSSR count). The average molecular weight is 208 g/mol.